The van der Waals surface area contributed by atoms with E-state index in [-0.39, 0.29) is 24.3 Å². The number of carbonyl (C=O) groups excluding carboxylic acids is 2. The van der Waals surface area contributed by atoms with Crippen molar-refractivity contribution in [2.45, 2.75) is 39.8 Å². The van der Waals surface area contributed by atoms with Crippen molar-refractivity contribution in [3.05, 3.63) is 16.1 Å². The normalized spacial score (nSPS) is 20.0. The average molecular weight is 281 g/mol. The van der Waals surface area contributed by atoms with E-state index in [2.05, 4.69) is 17.2 Å². The first-order valence-corrected chi connectivity index (χ1v) is 7.35. The second kappa shape index (κ2) is 5.69. The highest BCUT2D eigenvalue weighted by molar-refractivity contribution is 7.11. The lowest BCUT2D eigenvalue weighted by molar-refractivity contribution is -0.148. The van der Waals surface area contributed by atoms with Gasteiger partial charge in [-0.25, -0.2) is 4.98 Å². The molecule has 6 heteroatoms. The molecule has 0 aliphatic carbocycles. The predicted octanol–water partition coefficient (Wildman–Crippen LogP) is 1.19. The molecule has 1 aliphatic rings. The molecule has 1 atom stereocenters. The van der Waals surface area contributed by atoms with Gasteiger partial charge < -0.3 is 10.2 Å². The van der Waals surface area contributed by atoms with Crippen LogP contribution in [-0.2, 0) is 22.6 Å². The second-order valence-corrected chi connectivity index (χ2v) is 6.20. The highest BCUT2D eigenvalue weighted by atomic mass is 32.1. The Balaban J connectivity index is 2.18. The molecule has 1 aliphatic heterocycles. The number of aromatic nitrogens is 1. The molecule has 0 radical (unpaired) electrons. The van der Waals surface area contributed by atoms with Crippen LogP contribution in [0.3, 0.4) is 0 Å². The van der Waals surface area contributed by atoms with Crippen LogP contribution in [0.25, 0.3) is 0 Å². The fourth-order valence-electron chi connectivity index (χ4n) is 2.24. The van der Waals surface area contributed by atoms with E-state index in [0.29, 0.717) is 6.54 Å². The Hall–Kier alpha value is -1.43. The number of carbonyl (C=O) groups is 2. The van der Waals surface area contributed by atoms with Gasteiger partial charge in [-0.1, -0.05) is 20.8 Å². The molecule has 104 valence electrons. The van der Waals surface area contributed by atoms with Crippen molar-refractivity contribution in [1.29, 1.82) is 0 Å². The molecule has 2 heterocycles. The van der Waals surface area contributed by atoms with Gasteiger partial charge in [0.1, 0.15) is 11.0 Å². The van der Waals surface area contributed by atoms with E-state index in [4.69, 9.17) is 0 Å². The summed E-state index contributed by atoms with van der Waals surface area (Å²) in [4.78, 5) is 31.1. The van der Waals surface area contributed by atoms with Gasteiger partial charge in [0.05, 0.1) is 13.1 Å². The Morgan fingerprint density at radius 1 is 1.53 bits per heavy atom. The van der Waals surface area contributed by atoms with Crippen LogP contribution >= 0.6 is 11.3 Å². The number of rotatable bonds is 4. The van der Waals surface area contributed by atoms with Gasteiger partial charge in [0.15, 0.2) is 0 Å². The fourth-order valence-corrected chi connectivity index (χ4v) is 3.11. The smallest absolute Gasteiger partial charge is 0.243 e. The Morgan fingerprint density at radius 2 is 2.26 bits per heavy atom. The number of aryl methyl sites for hydroxylation is 1. The van der Waals surface area contributed by atoms with Crippen LogP contribution in [0.1, 0.15) is 30.7 Å². The van der Waals surface area contributed by atoms with Gasteiger partial charge in [-0.15, -0.1) is 11.3 Å². The van der Waals surface area contributed by atoms with Gasteiger partial charge in [-0.3, -0.25) is 9.59 Å². The molecular formula is C13H19N3O2S. The molecule has 1 saturated heterocycles. The standard InChI is InChI=1S/C13H19N3O2S/c1-4-9-5-14-10(19-9)7-16-11(17)6-15-13(18)12(16)8(2)3/h5,8,12H,4,6-7H2,1-3H3,(H,15,18). The maximum absolute atomic E-state index is 12.0. The largest absolute Gasteiger partial charge is 0.345 e. The van der Waals surface area contributed by atoms with Gasteiger partial charge >= 0.3 is 0 Å². The summed E-state index contributed by atoms with van der Waals surface area (Å²) in [5.41, 5.74) is 0. The zero-order valence-corrected chi connectivity index (χ0v) is 12.3. The molecule has 1 aromatic rings. The summed E-state index contributed by atoms with van der Waals surface area (Å²) < 4.78 is 0. The Labute approximate surface area is 117 Å². The third-order valence-electron chi connectivity index (χ3n) is 3.23. The minimum absolute atomic E-state index is 0.0356. The molecule has 5 nitrogen and oxygen atoms in total. The van der Waals surface area contributed by atoms with Crippen LogP contribution in [0.15, 0.2) is 6.20 Å². The van der Waals surface area contributed by atoms with E-state index >= 15 is 0 Å². The third kappa shape index (κ3) is 2.94. The number of amides is 2. The zero-order valence-electron chi connectivity index (χ0n) is 11.5. The van der Waals surface area contributed by atoms with Crippen LogP contribution in [0, 0.1) is 5.92 Å². The molecule has 0 bridgehead atoms. The number of hydrogen-bond donors (Lipinski definition) is 1. The number of nitrogens with zero attached hydrogens (tertiary/aromatic N) is 2. The van der Waals surface area contributed by atoms with Crippen LogP contribution in [-0.4, -0.2) is 34.3 Å². The minimum Gasteiger partial charge on any atom is -0.345 e. The highest BCUT2D eigenvalue weighted by Crippen LogP contribution is 2.21. The lowest BCUT2D eigenvalue weighted by atomic mass is 9.99. The molecule has 2 amide bonds. The highest BCUT2D eigenvalue weighted by Gasteiger charge is 2.36. The molecule has 1 N–H and O–H groups in total. The van der Waals surface area contributed by atoms with E-state index in [1.54, 1.807) is 16.2 Å². The predicted molar refractivity (Wildman–Crippen MR) is 73.7 cm³/mol. The number of piperazine rings is 1. The molecule has 0 aromatic carbocycles. The first kappa shape index (κ1) is 14.0. The summed E-state index contributed by atoms with van der Waals surface area (Å²) >= 11 is 1.61. The summed E-state index contributed by atoms with van der Waals surface area (Å²) in [5, 5.41) is 3.54. The summed E-state index contributed by atoms with van der Waals surface area (Å²) in [6.07, 6.45) is 2.79. The Morgan fingerprint density at radius 3 is 2.84 bits per heavy atom. The maximum Gasteiger partial charge on any atom is 0.243 e. The van der Waals surface area contributed by atoms with Gasteiger partial charge in [0, 0.05) is 11.1 Å². The van der Waals surface area contributed by atoms with Crippen molar-refractivity contribution in [1.82, 2.24) is 15.2 Å². The van der Waals surface area contributed by atoms with Crippen LogP contribution in [0.2, 0.25) is 0 Å². The van der Waals surface area contributed by atoms with Crippen molar-refractivity contribution in [3.63, 3.8) is 0 Å². The number of hydrogen-bond acceptors (Lipinski definition) is 4. The molecule has 2 rings (SSSR count). The molecule has 19 heavy (non-hydrogen) atoms. The molecule has 0 spiro atoms. The first-order valence-electron chi connectivity index (χ1n) is 6.53. The van der Waals surface area contributed by atoms with Gasteiger partial charge in [-0.2, -0.15) is 0 Å². The molecule has 1 fully saturated rings. The summed E-state index contributed by atoms with van der Waals surface area (Å²) in [7, 11) is 0. The van der Waals surface area contributed by atoms with Gasteiger partial charge in [0.2, 0.25) is 11.8 Å². The van der Waals surface area contributed by atoms with Crippen molar-refractivity contribution in [2.75, 3.05) is 6.54 Å². The average Bonchev–Trinajstić information content (AvgIpc) is 2.81. The second-order valence-electron chi connectivity index (χ2n) is 5.00. The van der Waals surface area contributed by atoms with E-state index in [1.165, 1.54) is 4.88 Å². The van der Waals surface area contributed by atoms with E-state index in [9.17, 15) is 9.59 Å². The van der Waals surface area contributed by atoms with Crippen LogP contribution < -0.4 is 5.32 Å². The molecule has 1 unspecified atom stereocenters. The maximum atomic E-state index is 12.0. The lowest BCUT2D eigenvalue weighted by Gasteiger charge is -2.36. The van der Waals surface area contributed by atoms with Crippen molar-refractivity contribution >= 4 is 23.2 Å². The number of nitrogens with one attached hydrogen (secondary N) is 1. The van der Waals surface area contributed by atoms with Crippen molar-refractivity contribution in [3.8, 4) is 0 Å². The topological polar surface area (TPSA) is 62.3 Å². The lowest BCUT2D eigenvalue weighted by Crippen LogP contribution is -2.59. The zero-order chi connectivity index (χ0) is 14.0. The third-order valence-corrected chi connectivity index (χ3v) is 4.35. The Bertz CT molecular complexity index is 484. The molecule has 1 aromatic heterocycles. The van der Waals surface area contributed by atoms with Crippen molar-refractivity contribution in [2.24, 2.45) is 5.92 Å². The van der Waals surface area contributed by atoms with E-state index in [1.807, 2.05) is 20.0 Å². The monoisotopic (exact) mass is 281 g/mol. The summed E-state index contributed by atoms with van der Waals surface area (Å²) in [6, 6.07) is -0.393. The summed E-state index contributed by atoms with van der Waals surface area (Å²) in [6.45, 7) is 6.51. The van der Waals surface area contributed by atoms with Gasteiger partial charge in [0.25, 0.3) is 0 Å². The quantitative estimate of drug-likeness (QED) is 0.901. The Kier molecular flexibility index (Phi) is 4.19. The minimum atomic E-state index is -0.393. The van der Waals surface area contributed by atoms with Crippen molar-refractivity contribution < 1.29 is 9.59 Å². The first-order chi connectivity index (χ1) is 9.02. The molecular weight excluding hydrogens is 262 g/mol. The fraction of sp³-hybridized carbons (Fsp3) is 0.615. The van der Waals surface area contributed by atoms with Crippen LogP contribution in [0.5, 0.6) is 0 Å². The summed E-state index contributed by atoms with van der Waals surface area (Å²) in [5.74, 6) is -0.0109. The molecule has 0 saturated carbocycles. The SMILES string of the molecule is CCc1cnc(CN2C(=O)CNC(=O)C2C(C)C)s1. The van der Waals surface area contributed by atoms with Crippen LogP contribution in [0.4, 0.5) is 0 Å². The van der Waals surface area contributed by atoms with Gasteiger partial charge in [-0.05, 0) is 12.3 Å². The van der Waals surface area contributed by atoms with E-state index < -0.39 is 6.04 Å². The number of thiazole rings is 1. The van der Waals surface area contributed by atoms with E-state index in [0.717, 1.165) is 11.4 Å².